The van der Waals surface area contributed by atoms with E-state index >= 15 is 0 Å². The van der Waals surface area contributed by atoms with Crippen LogP contribution in [0.3, 0.4) is 0 Å². The standard InChI is InChI=1S/C13H20O4S/c1-2-9-18(16,17)13-7-4-11(5-8-13)3-6-12(15)10-14/h4-5,7-8,12,14-15H,2-3,6,9-10H2,1H3. The van der Waals surface area contributed by atoms with Crippen LogP contribution in [-0.2, 0) is 16.3 Å². The van der Waals surface area contributed by atoms with Crippen molar-refractivity contribution in [1.82, 2.24) is 0 Å². The summed E-state index contributed by atoms with van der Waals surface area (Å²) in [6.45, 7) is 1.59. The molecule has 0 aliphatic carbocycles. The highest BCUT2D eigenvalue weighted by Gasteiger charge is 2.12. The Hall–Kier alpha value is -0.910. The van der Waals surface area contributed by atoms with E-state index in [-0.39, 0.29) is 12.4 Å². The zero-order valence-corrected chi connectivity index (χ0v) is 11.4. The van der Waals surface area contributed by atoms with Crippen molar-refractivity contribution >= 4 is 9.84 Å². The second kappa shape index (κ2) is 6.87. The zero-order valence-electron chi connectivity index (χ0n) is 10.5. The zero-order chi connectivity index (χ0) is 13.6. The molecule has 1 unspecified atom stereocenters. The van der Waals surface area contributed by atoms with E-state index in [1.165, 1.54) is 0 Å². The number of hydrogen-bond donors (Lipinski definition) is 2. The van der Waals surface area contributed by atoms with Crippen molar-refractivity contribution in [3.63, 3.8) is 0 Å². The lowest BCUT2D eigenvalue weighted by atomic mass is 10.1. The van der Waals surface area contributed by atoms with Crippen molar-refractivity contribution in [2.24, 2.45) is 0 Å². The largest absolute Gasteiger partial charge is 0.394 e. The molecule has 1 atom stereocenters. The Kier molecular flexibility index (Phi) is 5.78. The van der Waals surface area contributed by atoms with Gasteiger partial charge in [0.1, 0.15) is 0 Å². The molecule has 0 fully saturated rings. The minimum absolute atomic E-state index is 0.162. The predicted molar refractivity (Wildman–Crippen MR) is 70.2 cm³/mol. The van der Waals surface area contributed by atoms with Crippen LogP contribution in [0.2, 0.25) is 0 Å². The van der Waals surface area contributed by atoms with E-state index in [9.17, 15) is 13.5 Å². The Labute approximate surface area is 108 Å². The van der Waals surface area contributed by atoms with Gasteiger partial charge >= 0.3 is 0 Å². The lowest BCUT2D eigenvalue weighted by molar-refractivity contribution is 0.0886. The second-order valence-corrected chi connectivity index (χ2v) is 6.45. The van der Waals surface area contributed by atoms with Crippen LogP contribution < -0.4 is 0 Å². The van der Waals surface area contributed by atoms with Gasteiger partial charge in [0, 0.05) is 0 Å². The van der Waals surface area contributed by atoms with Gasteiger partial charge < -0.3 is 10.2 Å². The second-order valence-electron chi connectivity index (χ2n) is 4.34. The normalized spacial score (nSPS) is 13.5. The topological polar surface area (TPSA) is 74.6 Å². The van der Waals surface area contributed by atoms with Crippen molar-refractivity contribution < 1.29 is 18.6 Å². The predicted octanol–water partition coefficient (Wildman–Crippen LogP) is 1.16. The van der Waals surface area contributed by atoms with Crippen molar-refractivity contribution in [3.05, 3.63) is 29.8 Å². The molecular formula is C13H20O4S. The molecule has 0 aliphatic rings. The molecule has 1 aromatic rings. The molecular weight excluding hydrogens is 252 g/mol. The van der Waals surface area contributed by atoms with E-state index in [1.54, 1.807) is 24.3 Å². The Morgan fingerprint density at radius 2 is 1.83 bits per heavy atom. The van der Waals surface area contributed by atoms with Crippen LogP contribution in [0.25, 0.3) is 0 Å². The van der Waals surface area contributed by atoms with Gasteiger partial charge in [-0.2, -0.15) is 0 Å². The maximum absolute atomic E-state index is 11.8. The highest BCUT2D eigenvalue weighted by molar-refractivity contribution is 7.91. The molecule has 0 radical (unpaired) electrons. The summed E-state index contributed by atoms with van der Waals surface area (Å²) in [7, 11) is -3.15. The van der Waals surface area contributed by atoms with Crippen LogP contribution in [0, 0.1) is 0 Å². The minimum atomic E-state index is -3.15. The maximum Gasteiger partial charge on any atom is 0.178 e. The molecule has 0 saturated carbocycles. The summed E-state index contributed by atoms with van der Waals surface area (Å²) < 4.78 is 23.6. The SMILES string of the molecule is CCCS(=O)(=O)c1ccc(CCC(O)CO)cc1. The number of benzene rings is 1. The van der Waals surface area contributed by atoms with E-state index in [0.29, 0.717) is 24.2 Å². The highest BCUT2D eigenvalue weighted by Crippen LogP contribution is 2.14. The number of rotatable bonds is 7. The summed E-state index contributed by atoms with van der Waals surface area (Å²) in [5.74, 6) is 0.162. The van der Waals surface area contributed by atoms with Crippen LogP contribution in [0.5, 0.6) is 0 Å². The van der Waals surface area contributed by atoms with E-state index in [1.807, 2.05) is 6.92 Å². The van der Waals surface area contributed by atoms with Crippen LogP contribution in [-0.4, -0.2) is 37.1 Å². The van der Waals surface area contributed by atoms with Gasteiger partial charge in [-0.1, -0.05) is 19.1 Å². The van der Waals surface area contributed by atoms with Crippen LogP contribution in [0.1, 0.15) is 25.3 Å². The molecule has 0 aromatic heterocycles. The van der Waals surface area contributed by atoms with Gasteiger partial charge in [-0.15, -0.1) is 0 Å². The molecule has 0 bridgehead atoms. The average molecular weight is 272 g/mol. The lowest BCUT2D eigenvalue weighted by Gasteiger charge is -2.08. The van der Waals surface area contributed by atoms with E-state index in [4.69, 9.17) is 5.11 Å². The third-order valence-corrected chi connectivity index (χ3v) is 4.67. The summed E-state index contributed by atoms with van der Waals surface area (Å²) in [5.41, 5.74) is 0.956. The van der Waals surface area contributed by atoms with E-state index in [2.05, 4.69) is 0 Å². The van der Waals surface area contributed by atoms with Crippen molar-refractivity contribution in [1.29, 1.82) is 0 Å². The molecule has 0 spiro atoms. The summed E-state index contributed by atoms with van der Waals surface area (Å²) in [4.78, 5) is 0.343. The van der Waals surface area contributed by atoms with Crippen molar-refractivity contribution in [3.8, 4) is 0 Å². The van der Waals surface area contributed by atoms with Gasteiger partial charge in [0.2, 0.25) is 0 Å². The molecule has 18 heavy (non-hydrogen) atoms. The highest BCUT2D eigenvalue weighted by atomic mass is 32.2. The number of sulfone groups is 1. The van der Waals surface area contributed by atoms with Gasteiger partial charge in [-0.3, -0.25) is 0 Å². The summed E-state index contributed by atoms with van der Waals surface area (Å²) in [6.07, 6.45) is 0.980. The first-order valence-corrected chi connectivity index (χ1v) is 7.75. The number of hydrogen-bond acceptors (Lipinski definition) is 4. The summed E-state index contributed by atoms with van der Waals surface area (Å²) >= 11 is 0. The number of aryl methyl sites for hydroxylation is 1. The molecule has 102 valence electrons. The Bertz CT molecular complexity index is 450. The first-order chi connectivity index (χ1) is 8.49. The summed E-state index contributed by atoms with van der Waals surface area (Å²) in [5, 5.41) is 17.9. The van der Waals surface area contributed by atoms with Gasteiger partial charge in [-0.05, 0) is 37.0 Å². The van der Waals surface area contributed by atoms with Crippen LogP contribution >= 0.6 is 0 Å². The van der Waals surface area contributed by atoms with Gasteiger partial charge in [0.15, 0.2) is 9.84 Å². The Morgan fingerprint density at radius 1 is 1.22 bits per heavy atom. The fraction of sp³-hybridized carbons (Fsp3) is 0.538. The first kappa shape index (κ1) is 15.1. The fourth-order valence-electron chi connectivity index (χ4n) is 1.67. The maximum atomic E-state index is 11.8. The molecule has 1 aromatic carbocycles. The molecule has 4 nitrogen and oxygen atoms in total. The van der Waals surface area contributed by atoms with Crippen LogP contribution in [0.4, 0.5) is 0 Å². The molecule has 0 amide bonds. The monoisotopic (exact) mass is 272 g/mol. The number of aliphatic hydroxyl groups is 2. The molecule has 2 N–H and O–H groups in total. The van der Waals surface area contributed by atoms with E-state index in [0.717, 1.165) is 5.56 Å². The quantitative estimate of drug-likeness (QED) is 0.781. The molecule has 1 rings (SSSR count). The van der Waals surface area contributed by atoms with Crippen molar-refractivity contribution in [2.75, 3.05) is 12.4 Å². The lowest BCUT2D eigenvalue weighted by Crippen LogP contribution is -2.12. The molecule has 5 heteroatoms. The molecule has 0 aliphatic heterocycles. The van der Waals surface area contributed by atoms with Crippen molar-refractivity contribution in [2.45, 2.75) is 37.2 Å². The van der Waals surface area contributed by atoms with Gasteiger partial charge in [-0.25, -0.2) is 8.42 Å². The first-order valence-electron chi connectivity index (χ1n) is 6.10. The number of aliphatic hydroxyl groups excluding tert-OH is 2. The molecule has 0 heterocycles. The fourth-order valence-corrected chi connectivity index (χ4v) is 3.00. The third-order valence-electron chi connectivity index (χ3n) is 2.73. The van der Waals surface area contributed by atoms with Gasteiger partial charge in [0.05, 0.1) is 23.4 Å². The Morgan fingerprint density at radius 3 is 2.33 bits per heavy atom. The summed E-state index contributed by atoms with van der Waals surface area (Å²) in [6, 6.07) is 6.72. The van der Waals surface area contributed by atoms with Crippen LogP contribution in [0.15, 0.2) is 29.2 Å². The molecule has 0 saturated heterocycles. The smallest absolute Gasteiger partial charge is 0.178 e. The van der Waals surface area contributed by atoms with Gasteiger partial charge in [0.25, 0.3) is 0 Å². The van der Waals surface area contributed by atoms with E-state index < -0.39 is 15.9 Å². The average Bonchev–Trinajstić information content (AvgIpc) is 2.36. The third kappa shape index (κ3) is 4.40. The minimum Gasteiger partial charge on any atom is -0.394 e. The Balaban J connectivity index is 2.68.